The van der Waals surface area contributed by atoms with Crippen LogP contribution in [-0.4, -0.2) is 12.2 Å². The highest BCUT2D eigenvalue weighted by Crippen LogP contribution is 2.69. The average Bonchev–Trinajstić information content (AvgIpc) is 2.88. The number of benzene rings is 1. The Balaban J connectivity index is 1.46. The summed E-state index contributed by atoms with van der Waals surface area (Å²) < 4.78 is 0. The highest BCUT2D eigenvalue weighted by molar-refractivity contribution is 5.95. The van der Waals surface area contributed by atoms with E-state index in [-0.39, 0.29) is 11.8 Å². The van der Waals surface area contributed by atoms with Crippen LogP contribution in [0.3, 0.4) is 0 Å². The van der Waals surface area contributed by atoms with Gasteiger partial charge in [0.15, 0.2) is 0 Å². The molecule has 4 unspecified atom stereocenters. The van der Waals surface area contributed by atoms with Crippen LogP contribution in [0.25, 0.3) is 0 Å². The molecular formula is C16H17NO2. The normalized spacial score (nSPS) is 37.8. The minimum atomic E-state index is 0.162. The highest BCUT2D eigenvalue weighted by Gasteiger charge is 2.67. The van der Waals surface area contributed by atoms with E-state index in [1.807, 2.05) is 6.07 Å². The Morgan fingerprint density at radius 1 is 1.21 bits per heavy atom. The van der Waals surface area contributed by atoms with Gasteiger partial charge in [-0.1, -0.05) is 12.1 Å². The Kier molecular flexibility index (Phi) is 2.32. The lowest BCUT2D eigenvalue weighted by molar-refractivity contribution is -0.118. The molecule has 0 radical (unpaired) electrons. The first-order valence-corrected chi connectivity index (χ1v) is 7.14. The van der Waals surface area contributed by atoms with Gasteiger partial charge in [0, 0.05) is 17.2 Å². The quantitative estimate of drug-likeness (QED) is 0.844. The van der Waals surface area contributed by atoms with Gasteiger partial charge in [-0.25, -0.2) is 0 Å². The number of anilines is 1. The van der Waals surface area contributed by atoms with Gasteiger partial charge in [-0.3, -0.25) is 9.59 Å². The molecule has 4 rings (SSSR count). The summed E-state index contributed by atoms with van der Waals surface area (Å²) in [5.41, 5.74) is 1.35. The van der Waals surface area contributed by atoms with Crippen molar-refractivity contribution in [1.29, 1.82) is 0 Å². The maximum absolute atomic E-state index is 12.3. The van der Waals surface area contributed by atoms with E-state index in [1.165, 1.54) is 19.3 Å². The zero-order valence-electron chi connectivity index (χ0n) is 10.7. The molecular weight excluding hydrogens is 238 g/mol. The molecule has 2 bridgehead atoms. The molecule has 0 spiro atoms. The fraction of sp³-hybridized carbons (Fsp3) is 0.500. The summed E-state index contributed by atoms with van der Waals surface area (Å²) >= 11 is 0. The second kappa shape index (κ2) is 3.92. The van der Waals surface area contributed by atoms with Gasteiger partial charge < -0.3 is 5.32 Å². The highest BCUT2D eigenvalue weighted by atomic mass is 16.2. The number of hydrogen-bond donors (Lipinski definition) is 1. The smallest absolute Gasteiger partial charge is 0.228 e. The Labute approximate surface area is 112 Å². The molecule has 0 heterocycles. The fourth-order valence-corrected chi connectivity index (χ4v) is 4.59. The monoisotopic (exact) mass is 255 g/mol. The van der Waals surface area contributed by atoms with Crippen molar-refractivity contribution in [1.82, 2.24) is 0 Å². The molecule has 3 heteroatoms. The average molecular weight is 255 g/mol. The number of rotatable bonds is 3. The zero-order valence-corrected chi connectivity index (χ0v) is 10.7. The molecule has 1 aromatic carbocycles. The van der Waals surface area contributed by atoms with Gasteiger partial charge >= 0.3 is 0 Å². The third kappa shape index (κ3) is 1.64. The number of carbonyl (C=O) groups is 2. The van der Waals surface area contributed by atoms with Gasteiger partial charge in [0.1, 0.15) is 6.29 Å². The first-order valence-electron chi connectivity index (χ1n) is 7.14. The van der Waals surface area contributed by atoms with Gasteiger partial charge in [0.05, 0.1) is 0 Å². The molecule has 3 aliphatic rings. The summed E-state index contributed by atoms with van der Waals surface area (Å²) in [6.45, 7) is 0. The predicted molar refractivity (Wildman–Crippen MR) is 71.8 cm³/mol. The molecule has 3 fully saturated rings. The second-order valence-electron chi connectivity index (χ2n) is 6.25. The summed E-state index contributed by atoms with van der Waals surface area (Å²) in [6.07, 6.45) is 4.83. The zero-order chi connectivity index (χ0) is 13.0. The third-order valence-corrected chi connectivity index (χ3v) is 5.33. The van der Waals surface area contributed by atoms with Crippen molar-refractivity contribution >= 4 is 17.9 Å². The standard InChI is InChI=1S/C16H17NO2/c18-8-9-2-1-3-12(6-9)17-16(19)15-13-10-4-5-11(7-10)14(13)15/h1-3,6,8,10-11,13-15H,4-5,7H2,(H,17,19). The van der Waals surface area contributed by atoms with Crippen molar-refractivity contribution in [2.24, 2.45) is 29.6 Å². The summed E-state index contributed by atoms with van der Waals surface area (Å²) in [5.74, 6) is 3.35. The summed E-state index contributed by atoms with van der Waals surface area (Å²) in [4.78, 5) is 23.0. The van der Waals surface area contributed by atoms with E-state index < -0.39 is 0 Å². The summed E-state index contributed by atoms with van der Waals surface area (Å²) in [5, 5.41) is 2.98. The van der Waals surface area contributed by atoms with Crippen molar-refractivity contribution in [2.45, 2.75) is 19.3 Å². The number of hydrogen-bond acceptors (Lipinski definition) is 2. The molecule has 0 aliphatic heterocycles. The fourth-order valence-electron chi connectivity index (χ4n) is 4.59. The van der Waals surface area contributed by atoms with Gasteiger partial charge in [0.2, 0.25) is 5.91 Å². The van der Waals surface area contributed by atoms with Crippen LogP contribution >= 0.6 is 0 Å². The van der Waals surface area contributed by atoms with Crippen LogP contribution in [0.2, 0.25) is 0 Å². The van der Waals surface area contributed by atoms with Crippen molar-refractivity contribution in [2.75, 3.05) is 5.32 Å². The molecule has 1 amide bonds. The predicted octanol–water partition coefficient (Wildman–Crippen LogP) is 2.73. The van der Waals surface area contributed by atoms with E-state index >= 15 is 0 Å². The van der Waals surface area contributed by atoms with Gasteiger partial charge in [-0.2, -0.15) is 0 Å². The SMILES string of the molecule is O=Cc1cccc(NC(=O)C2C3C4CCC(C4)C23)c1. The van der Waals surface area contributed by atoms with Gasteiger partial charge in [-0.05, 0) is 55.1 Å². The van der Waals surface area contributed by atoms with Crippen LogP contribution in [0.15, 0.2) is 24.3 Å². The van der Waals surface area contributed by atoms with Crippen LogP contribution in [0.4, 0.5) is 5.69 Å². The van der Waals surface area contributed by atoms with E-state index in [0.717, 1.165) is 23.8 Å². The molecule has 3 aliphatic carbocycles. The maximum atomic E-state index is 12.3. The van der Waals surface area contributed by atoms with E-state index in [9.17, 15) is 9.59 Å². The van der Waals surface area contributed by atoms with E-state index in [2.05, 4.69) is 5.32 Å². The maximum Gasteiger partial charge on any atom is 0.228 e. The van der Waals surface area contributed by atoms with Crippen LogP contribution in [0.1, 0.15) is 29.6 Å². The number of nitrogens with one attached hydrogen (secondary N) is 1. The topological polar surface area (TPSA) is 46.2 Å². The lowest BCUT2D eigenvalue weighted by atomic mass is 10.0. The van der Waals surface area contributed by atoms with Gasteiger partial charge in [-0.15, -0.1) is 0 Å². The lowest BCUT2D eigenvalue weighted by Crippen LogP contribution is -2.18. The number of amides is 1. The molecule has 1 aromatic rings. The Morgan fingerprint density at radius 3 is 2.63 bits per heavy atom. The third-order valence-electron chi connectivity index (χ3n) is 5.33. The Bertz CT molecular complexity index is 537. The number of aldehydes is 1. The Hall–Kier alpha value is -1.64. The van der Waals surface area contributed by atoms with Crippen molar-refractivity contribution in [3.63, 3.8) is 0 Å². The lowest BCUT2D eigenvalue weighted by Gasteiger charge is -2.09. The van der Waals surface area contributed by atoms with Crippen molar-refractivity contribution in [3.05, 3.63) is 29.8 Å². The molecule has 4 atom stereocenters. The summed E-state index contributed by atoms with van der Waals surface area (Å²) in [6, 6.07) is 7.13. The Morgan fingerprint density at radius 2 is 1.95 bits per heavy atom. The second-order valence-corrected chi connectivity index (χ2v) is 6.25. The minimum absolute atomic E-state index is 0.162. The number of carbonyl (C=O) groups excluding carboxylic acids is 2. The van der Waals surface area contributed by atoms with Crippen molar-refractivity contribution < 1.29 is 9.59 Å². The van der Waals surface area contributed by atoms with E-state index in [1.54, 1.807) is 18.2 Å². The molecule has 0 saturated heterocycles. The van der Waals surface area contributed by atoms with E-state index in [4.69, 9.17) is 0 Å². The first kappa shape index (κ1) is 11.2. The summed E-state index contributed by atoms with van der Waals surface area (Å²) in [7, 11) is 0. The first-order chi connectivity index (χ1) is 9.28. The van der Waals surface area contributed by atoms with Crippen LogP contribution in [0, 0.1) is 29.6 Å². The minimum Gasteiger partial charge on any atom is -0.326 e. The van der Waals surface area contributed by atoms with Crippen LogP contribution in [0.5, 0.6) is 0 Å². The molecule has 3 nitrogen and oxygen atoms in total. The number of fused-ring (bicyclic) bond motifs is 5. The van der Waals surface area contributed by atoms with E-state index in [0.29, 0.717) is 17.4 Å². The largest absolute Gasteiger partial charge is 0.326 e. The van der Waals surface area contributed by atoms with Gasteiger partial charge in [0.25, 0.3) is 0 Å². The van der Waals surface area contributed by atoms with Crippen molar-refractivity contribution in [3.8, 4) is 0 Å². The van der Waals surface area contributed by atoms with Crippen LogP contribution in [-0.2, 0) is 4.79 Å². The molecule has 98 valence electrons. The molecule has 19 heavy (non-hydrogen) atoms. The molecule has 1 N–H and O–H groups in total. The molecule has 3 saturated carbocycles. The van der Waals surface area contributed by atoms with Crippen LogP contribution < -0.4 is 5.32 Å². The molecule has 0 aromatic heterocycles.